The van der Waals surface area contributed by atoms with Crippen LogP contribution in [0.15, 0.2) is 24.3 Å². The van der Waals surface area contributed by atoms with Crippen molar-refractivity contribution in [2.75, 3.05) is 11.1 Å². The van der Waals surface area contributed by atoms with E-state index in [0.29, 0.717) is 11.3 Å². The second kappa shape index (κ2) is 5.59. The van der Waals surface area contributed by atoms with Crippen molar-refractivity contribution in [2.45, 2.75) is 13.0 Å². The summed E-state index contributed by atoms with van der Waals surface area (Å²) in [4.78, 5) is 0. The Morgan fingerprint density at radius 2 is 1.24 bits per heavy atom. The van der Waals surface area contributed by atoms with Gasteiger partial charge in [0.25, 0.3) is 0 Å². The van der Waals surface area contributed by atoms with Crippen LogP contribution in [0.1, 0.15) is 18.5 Å². The van der Waals surface area contributed by atoms with Crippen LogP contribution in [-0.2, 0) is 0 Å². The number of hydrogen-bond donors (Lipinski definition) is 2. The molecule has 3 N–H and O–H groups in total. The van der Waals surface area contributed by atoms with E-state index in [0.717, 1.165) is 0 Å². The normalized spacial score (nSPS) is 12.3. The van der Waals surface area contributed by atoms with Gasteiger partial charge in [-0.25, -0.2) is 22.0 Å². The Labute approximate surface area is 117 Å². The molecule has 112 valence electrons. The van der Waals surface area contributed by atoms with Gasteiger partial charge in [-0.3, -0.25) is 0 Å². The summed E-state index contributed by atoms with van der Waals surface area (Å²) in [6, 6.07) is 5.61. The first-order valence-corrected chi connectivity index (χ1v) is 5.96. The average Bonchev–Trinajstić information content (AvgIpc) is 2.48. The molecule has 21 heavy (non-hydrogen) atoms. The van der Waals surface area contributed by atoms with E-state index in [4.69, 9.17) is 5.73 Å². The Bertz CT molecular complexity index is 641. The van der Waals surface area contributed by atoms with Crippen molar-refractivity contribution in [3.63, 3.8) is 0 Å². The second-order valence-electron chi connectivity index (χ2n) is 4.48. The summed E-state index contributed by atoms with van der Waals surface area (Å²) < 4.78 is 66.2. The number of rotatable bonds is 3. The molecule has 2 rings (SSSR count). The molecular weight excluding hydrogens is 291 g/mol. The van der Waals surface area contributed by atoms with Gasteiger partial charge in [-0.1, -0.05) is 12.1 Å². The highest BCUT2D eigenvalue weighted by atomic mass is 19.2. The van der Waals surface area contributed by atoms with Crippen LogP contribution in [0.5, 0.6) is 0 Å². The Kier molecular flexibility index (Phi) is 4.02. The standard InChI is InChI=1S/C14H11F5N2/c1-6(7-2-4-8(20)5-3-7)21-14-12(18)10(16)9(15)11(17)13(14)19/h2-6,21H,20H2,1H3. The lowest BCUT2D eigenvalue weighted by molar-refractivity contribution is 0.381. The van der Waals surface area contributed by atoms with E-state index in [2.05, 4.69) is 5.32 Å². The Balaban J connectivity index is 2.37. The van der Waals surface area contributed by atoms with Gasteiger partial charge >= 0.3 is 0 Å². The van der Waals surface area contributed by atoms with Gasteiger partial charge in [-0.2, -0.15) is 0 Å². The van der Waals surface area contributed by atoms with Gasteiger partial charge in [0, 0.05) is 11.7 Å². The number of anilines is 2. The minimum absolute atomic E-state index is 0.488. The van der Waals surface area contributed by atoms with Crippen molar-refractivity contribution >= 4 is 11.4 Å². The maximum atomic E-state index is 13.5. The number of hydrogen-bond acceptors (Lipinski definition) is 2. The lowest BCUT2D eigenvalue weighted by Crippen LogP contribution is -2.13. The smallest absolute Gasteiger partial charge is 0.200 e. The first-order chi connectivity index (χ1) is 9.82. The van der Waals surface area contributed by atoms with E-state index in [9.17, 15) is 22.0 Å². The second-order valence-corrected chi connectivity index (χ2v) is 4.48. The van der Waals surface area contributed by atoms with Crippen LogP contribution < -0.4 is 11.1 Å². The van der Waals surface area contributed by atoms with Crippen LogP contribution in [0, 0.1) is 29.1 Å². The number of halogens is 5. The van der Waals surface area contributed by atoms with Gasteiger partial charge in [0.1, 0.15) is 5.69 Å². The third kappa shape index (κ3) is 2.76. The van der Waals surface area contributed by atoms with Gasteiger partial charge in [0.15, 0.2) is 23.3 Å². The molecule has 0 spiro atoms. The third-order valence-electron chi connectivity index (χ3n) is 3.01. The minimum Gasteiger partial charge on any atom is -0.399 e. The van der Waals surface area contributed by atoms with Crippen molar-refractivity contribution in [3.8, 4) is 0 Å². The topological polar surface area (TPSA) is 38.0 Å². The molecule has 1 unspecified atom stereocenters. The summed E-state index contributed by atoms with van der Waals surface area (Å²) >= 11 is 0. The molecule has 0 aromatic heterocycles. The molecule has 7 heteroatoms. The molecule has 0 saturated carbocycles. The van der Waals surface area contributed by atoms with Crippen molar-refractivity contribution in [2.24, 2.45) is 0 Å². The Morgan fingerprint density at radius 3 is 1.71 bits per heavy atom. The van der Waals surface area contributed by atoms with E-state index in [1.54, 1.807) is 24.3 Å². The number of nitrogen functional groups attached to an aromatic ring is 1. The van der Waals surface area contributed by atoms with E-state index in [-0.39, 0.29) is 0 Å². The summed E-state index contributed by atoms with van der Waals surface area (Å²) in [5, 5.41) is 2.29. The molecule has 1 atom stereocenters. The average molecular weight is 302 g/mol. The third-order valence-corrected chi connectivity index (χ3v) is 3.01. The molecule has 0 aliphatic carbocycles. The summed E-state index contributed by atoms with van der Waals surface area (Å²) in [6.45, 7) is 1.52. The van der Waals surface area contributed by atoms with Crippen molar-refractivity contribution in [3.05, 3.63) is 58.9 Å². The molecule has 2 nitrogen and oxygen atoms in total. The predicted octanol–water partition coefficient (Wildman–Crippen LogP) is 4.14. The zero-order valence-corrected chi connectivity index (χ0v) is 10.9. The molecule has 0 aliphatic heterocycles. The fourth-order valence-corrected chi connectivity index (χ4v) is 1.82. The molecule has 0 saturated heterocycles. The largest absolute Gasteiger partial charge is 0.399 e. The van der Waals surface area contributed by atoms with Crippen LogP contribution in [0.25, 0.3) is 0 Å². The quantitative estimate of drug-likeness (QED) is 0.387. The van der Waals surface area contributed by atoms with Crippen LogP contribution in [-0.4, -0.2) is 0 Å². The predicted molar refractivity (Wildman–Crippen MR) is 69.1 cm³/mol. The molecule has 0 bridgehead atoms. The maximum absolute atomic E-state index is 13.5. The molecule has 2 aromatic rings. The summed E-state index contributed by atoms with van der Waals surface area (Å²) in [6.07, 6.45) is 0. The van der Waals surface area contributed by atoms with Crippen LogP contribution >= 0.6 is 0 Å². The molecule has 0 radical (unpaired) electrons. The van der Waals surface area contributed by atoms with E-state index < -0.39 is 40.8 Å². The van der Waals surface area contributed by atoms with E-state index >= 15 is 0 Å². The van der Waals surface area contributed by atoms with Crippen molar-refractivity contribution < 1.29 is 22.0 Å². The molecule has 0 amide bonds. The molecule has 0 aliphatic rings. The summed E-state index contributed by atoms with van der Waals surface area (Å²) in [7, 11) is 0. The first kappa shape index (κ1) is 15.1. The molecular formula is C14H11F5N2. The number of benzene rings is 2. The Morgan fingerprint density at radius 1 is 0.810 bits per heavy atom. The zero-order chi connectivity index (χ0) is 15.7. The zero-order valence-electron chi connectivity index (χ0n) is 10.9. The number of nitrogens with two attached hydrogens (primary N) is 1. The Hall–Kier alpha value is -2.31. The molecule has 0 heterocycles. The molecule has 0 fully saturated rings. The van der Waals surface area contributed by atoms with Crippen LogP contribution in [0.4, 0.5) is 33.3 Å². The molecule has 2 aromatic carbocycles. The van der Waals surface area contributed by atoms with E-state index in [1.165, 1.54) is 6.92 Å². The fourth-order valence-electron chi connectivity index (χ4n) is 1.82. The lowest BCUT2D eigenvalue weighted by atomic mass is 10.1. The fraction of sp³-hybridized carbons (Fsp3) is 0.143. The van der Waals surface area contributed by atoms with Crippen molar-refractivity contribution in [1.29, 1.82) is 0 Å². The van der Waals surface area contributed by atoms with Gasteiger partial charge < -0.3 is 11.1 Å². The SMILES string of the molecule is CC(Nc1c(F)c(F)c(F)c(F)c1F)c1ccc(N)cc1. The van der Waals surface area contributed by atoms with Crippen molar-refractivity contribution in [1.82, 2.24) is 0 Å². The van der Waals surface area contributed by atoms with Gasteiger partial charge in [0.2, 0.25) is 5.82 Å². The minimum atomic E-state index is -2.18. The van der Waals surface area contributed by atoms with Gasteiger partial charge in [-0.15, -0.1) is 0 Å². The highest BCUT2D eigenvalue weighted by Crippen LogP contribution is 2.30. The number of nitrogens with one attached hydrogen (secondary N) is 1. The lowest BCUT2D eigenvalue weighted by Gasteiger charge is -2.17. The van der Waals surface area contributed by atoms with Crippen LogP contribution in [0.2, 0.25) is 0 Å². The van der Waals surface area contributed by atoms with Gasteiger partial charge in [-0.05, 0) is 24.6 Å². The maximum Gasteiger partial charge on any atom is 0.200 e. The van der Waals surface area contributed by atoms with Gasteiger partial charge in [0.05, 0.1) is 0 Å². The highest BCUT2D eigenvalue weighted by Gasteiger charge is 2.26. The van der Waals surface area contributed by atoms with E-state index in [1.807, 2.05) is 0 Å². The monoisotopic (exact) mass is 302 g/mol. The summed E-state index contributed by atoms with van der Waals surface area (Å²) in [5.41, 5.74) is 5.51. The summed E-state index contributed by atoms with van der Waals surface area (Å²) in [5.74, 6) is -9.94. The highest BCUT2D eigenvalue weighted by molar-refractivity contribution is 5.50. The van der Waals surface area contributed by atoms with Crippen LogP contribution in [0.3, 0.4) is 0 Å². The first-order valence-electron chi connectivity index (χ1n) is 5.96.